The van der Waals surface area contributed by atoms with E-state index in [4.69, 9.17) is 27.9 Å². The fourth-order valence-corrected chi connectivity index (χ4v) is 2.30. The van der Waals surface area contributed by atoms with Crippen molar-refractivity contribution in [2.45, 2.75) is 12.1 Å². The van der Waals surface area contributed by atoms with E-state index in [0.29, 0.717) is 5.02 Å². The van der Waals surface area contributed by atoms with Crippen LogP contribution in [-0.2, 0) is 9.84 Å². The Hall–Kier alpha value is -1.70. The minimum absolute atomic E-state index is 0.108. The van der Waals surface area contributed by atoms with Crippen LogP contribution in [0.4, 0.5) is 0 Å². The largest absolute Gasteiger partial charge is 0.422 e. The van der Waals surface area contributed by atoms with Gasteiger partial charge in [0.1, 0.15) is 5.75 Å². The minimum atomic E-state index is -3.67. The second-order valence-electron chi connectivity index (χ2n) is 4.42. The van der Waals surface area contributed by atoms with Gasteiger partial charge in [0.2, 0.25) is 15.0 Å². The van der Waals surface area contributed by atoms with Gasteiger partial charge in [0.25, 0.3) is 0 Å². The van der Waals surface area contributed by atoms with Crippen LogP contribution in [0.5, 0.6) is 5.75 Å². The molecule has 0 atom stereocenters. The van der Waals surface area contributed by atoms with Crippen LogP contribution in [0, 0.1) is 6.92 Å². The van der Waals surface area contributed by atoms with Crippen LogP contribution < -0.4 is 4.74 Å². The van der Waals surface area contributed by atoms with Crippen LogP contribution in [0.3, 0.4) is 0 Å². The van der Waals surface area contributed by atoms with E-state index in [0.717, 1.165) is 18.0 Å². The lowest BCUT2D eigenvalue weighted by Gasteiger charge is -2.07. The lowest BCUT2D eigenvalue weighted by Crippen LogP contribution is -2.15. The van der Waals surface area contributed by atoms with E-state index in [1.165, 1.54) is 6.07 Å². The number of carbonyl (C=O) groups excluding carboxylic acids is 1. The normalized spacial score (nSPS) is 11.3. The smallest absolute Gasteiger partial charge is 0.364 e. The standard InChI is InChI=1S/C13H10Cl2N2O4S/c1-7-5-8(3-4-9(7)14)21-12(18)11-10(15)6-16-13(17-11)22(2,19)20/h3-6H,1-2H3. The van der Waals surface area contributed by atoms with Crippen molar-refractivity contribution in [3.8, 4) is 5.75 Å². The summed E-state index contributed by atoms with van der Waals surface area (Å²) in [6.07, 6.45) is 1.96. The molecule has 0 radical (unpaired) electrons. The summed E-state index contributed by atoms with van der Waals surface area (Å²) in [5.74, 6) is -0.651. The third-order valence-corrected chi connectivity index (χ3v) is 4.15. The fourth-order valence-electron chi connectivity index (χ4n) is 1.51. The zero-order valence-electron chi connectivity index (χ0n) is 11.5. The summed E-state index contributed by atoms with van der Waals surface area (Å²) >= 11 is 11.7. The van der Waals surface area contributed by atoms with Gasteiger partial charge in [-0.3, -0.25) is 0 Å². The number of carbonyl (C=O) groups is 1. The number of aryl methyl sites for hydroxylation is 1. The van der Waals surface area contributed by atoms with Crippen LogP contribution in [0.2, 0.25) is 10.0 Å². The number of nitrogens with zero attached hydrogens (tertiary/aromatic N) is 2. The van der Waals surface area contributed by atoms with Crippen molar-refractivity contribution in [2.75, 3.05) is 6.26 Å². The lowest BCUT2D eigenvalue weighted by molar-refractivity contribution is 0.0727. The highest BCUT2D eigenvalue weighted by Crippen LogP contribution is 2.23. The van der Waals surface area contributed by atoms with Gasteiger partial charge in [-0.2, -0.15) is 0 Å². The Morgan fingerprint density at radius 1 is 1.23 bits per heavy atom. The maximum atomic E-state index is 12.1. The maximum absolute atomic E-state index is 12.1. The number of rotatable bonds is 3. The van der Waals surface area contributed by atoms with Crippen molar-refractivity contribution < 1.29 is 17.9 Å². The van der Waals surface area contributed by atoms with Gasteiger partial charge in [-0.15, -0.1) is 0 Å². The molecule has 0 unspecified atom stereocenters. The first-order valence-electron chi connectivity index (χ1n) is 5.89. The Labute approximate surface area is 137 Å². The summed E-state index contributed by atoms with van der Waals surface area (Å²) in [4.78, 5) is 19.3. The van der Waals surface area contributed by atoms with Gasteiger partial charge in [0.05, 0.1) is 11.2 Å². The molecule has 22 heavy (non-hydrogen) atoms. The molecule has 0 saturated carbocycles. The summed E-state index contributed by atoms with van der Waals surface area (Å²) < 4.78 is 28.0. The van der Waals surface area contributed by atoms with E-state index >= 15 is 0 Å². The van der Waals surface area contributed by atoms with Crippen molar-refractivity contribution in [1.29, 1.82) is 0 Å². The summed E-state index contributed by atoms with van der Waals surface area (Å²) in [5, 5.41) is -0.0848. The van der Waals surface area contributed by atoms with Gasteiger partial charge in [-0.25, -0.2) is 23.2 Å². The van der Waals surface area contributed by atoms with E-state index < -0.39 is 21.0 Å². The topological polar surface area (TPSA) is 86.2 Å². The summed E-state index contributed by atoms with van der Waals surface area (Å²) in [6.45, 7) is 1.75. The molecule has 1 heterocycles. The highest BCUT2D eigenvalue weighted by molar-refractivity contribution is 7.90. The van der Waals surface area contributed by atoms with Gasteiger partial charge in [-0.05, 0) is 30.7 Å². The molecular weight excluding hydrogens is 351 g/mol. The molecule has 2 aromatic rings. The van der Waals surface area contributed by atoms with E-state index in [1.807, 2.05) is 0 Å². The third-order valence-electron chi connectivity index (χ3n) is 2.59. The number of aromatic nitrogens is 2. The second-order valence-corrected chi connectivity index (χ2v) is 7.15. The van der Waals surface area contributed by atoms with Crippen LogP contribution in [0.1, 0.15) is 16.1 Å². The average molecular weight is 361 g/mol. The number of halogens is 2. The molecule has 0 aliphatic carbocycles. The number of esters is 1. The maximum Gasteiger partial charge on any atom is 0.364 e. The summed E-state index contributed by atoms with van der Waals surface area (Å²) in [5.41, 5.74) is 0.391. The number of benzene rings is 1. The number of sulfone groups is 1. The Kier molecular flexibility index (Phi) is 4.69. The predicted octanol–water partition coefficient (Wildman–Crippen LogP) is 2.71. The summed E-state index contributed by atoms with van der Waals surface area (Å²) in [6, 6.07) is 4.63. The van der Waals surface area contributed by atoms with Crippen LogP contribution >= 0.6 is 23.2 Å². The van der Waals surface area contributed by atoms with Gasteiger partial charge in [0, 0.05) is 11.3 Å². The first-order chi connectivity index (χ1) is 10.2. The van der Waals surface area contributed by atoms with Crippen molar-refractivity contribution in [3.05, 3.63) is 45.7 Å². The first kappa shape index (κ1) is 16.7. The van der Waals surface area contributed by atoms with Crippen LogP contribution in [0.15, 0.2) is 29.6 Å². The van der Waals surface area contributed by atoms with E-state index in [2.05, 4.69) is 9.97 Å². The van der Waals surface area contributed by atoms with Gasteiger partial charge in [0.15, 0.2) is 5.69 Å². The molecule has 0 spiro atoms. The molecule has 0 aliphatic heterocycles. The predicted molar refractivity (Wildman–Crippen MR) is 81.3 cm³/mol. The SMILES string of the molecule is Cc1cc(OC(=O)c2nc(S(C)(=O)=O)ncc2Cl)ccc1Cl. The minimum Gasteiger partial charge on any atom is -0.422 e. The molecule has 0 saturated heterocycles. The molecule has 1 aromatic carbocycles. The van der Waals surface area contributed by atoms with Crippen molar-refractivity contribution >= 4 is 39.0 Å². The monoisotopic (exact) mass is 360 g/mol. The first-order valence-corrected chi connectivity index (χ1v) is 8.54. The van der Waals surface area contributed by atoms with Crippen LogP contribution in [0.25, 0.3) is 0 Å². The van der Waals surface area contributed by atoms with E-state index in [1.54, 1.807) is 19.1 Å². The number of hydrogen-bond donors (Lipinski definition) is 0. The highest BCUT2D eigenvalue weighted by atomic mass is 35.5. The zero-order chi connectivity index (χ0) is 16.5. The van der Waals surface area contributed by atoms with E-state index in [9.17, 15) is 13.2 Å². The van der Waals surface area contributed by atoms with Crippen molar-refractivity contribution in [2.24, 2.45) is 0 Å². The van der Waals surface area contributed by atoms with Gasteiger partial charge >= 0.3 is 5.97 Å². The molecule has 2 rings (SSSR count). The quantitative estimate of drug-likeness (QED) is 0.475. The molecule has 1 aromatic heterocycles. The lowest BCUT2D eigenvalue weighted by atomic mass is 10.2. The number of hydrogen-bond acceptors (Lipinski definition) is 6. The molecule has 116 valence electrons. The molecule has 0 aliphatic rings. The van der Waals surface area contributed by atoms with Gasteiger partial charge < -0.3 is 4.74 Å². The molecule has 6 nitrogen and oxygen atoms in total. The highest BCUT2D eigenvalue weighted by Gasteiger charge is 2.20. The molecule has 0 bridgehead atoms. The number of ether oxygens (including phenoxy) is 1. The fraction of sp³-hybridized carbons (Fsp3) is 0.154. The molecule has 0 amide bonds. The second kappa shape index (κ2) is 6.20. The van der Waals surface area contributed by atoms with Crippen molar-refractivity contribution in [1.82, 2.24) is 9.97 Å². The Bertz CT molecular complexity index is 853. The van der Waals surface area contributed by atoms with Crippen LogP contribution in [-0.4, -0.2) is 30.6 Å². The Balaban J connectivity index is 2.35. The molecular formula is C13H10Cl2N2O4S. The van der Waals surface area contributed by atoms with Gasteiger partial charge in [-0.1, -0.05) is 23.2 Å². The Morgan fingerprint density at radius 2 is 1.91 bits per heavy atom. The average Bonchev–Trinajstić information content (AvgIpc) is 2.42. The van der Waals surface area contributed by atoms with Crippen molar-refractivity contribution in [3.63, 3.8) is 0 Å². The van der Waals surface area contributed by atoms with E-state index in [-0.39, 0.29) is 16.5 Å². The Morgan fingerprint density at radius 3 is 2.50 bits per heavy atom. The molecule has 0 N–H and O–H groups in total. The molecule has 0 fully saturated rings. The third kappa shape index (κ3) is 3.73. The molecule has 9 heteroatoms. The zero-order valence-corrected chi connectivity index (χ0v) is 13.8. The summed E-state index contributed by atoms with van der Waals surface area (Å²) in [7, 11) is -3.67.